The molecular formula is C36H47N9O4. The number of carbonyl (C=O) groups is 1. The first-order chi connectivity index (χ1) is 23.9. The van der Waals surface area contributed by atoms with Crippen LogP contribution in [0.1, 0.15) is 45.4 Å². The van der Waals surface area contributed by atoms with Gasteiger partial charge in [-0.05, 0) is 69.1 Å². The van der Waals surface area contributed by atoms with Crippen LogP contribution in [0.4, 0.5) is 23.1 Å². The Kier molecular flexibility index (Phi) is 8.65. The number of piperazine rings is 2. The van der Waals surface area contributed by atoms with Crippen molar-refractivity contribution < 1.29 is 19.7 Å². The van der Waals surface area contributed by atoms with Crippen molar-refractivity contribution in [1.29, 1.82) is 0 Å². The Morgan fingerprint density at radius 2 is 1.78 bits per heavy atom. The molecule has 5 aliphatic rings. The highest BCUT2D eigenvalue weighted by atomic mass is 16.5. The molecular weight excluding hydrogens is 622 g/mol. The van der Waals surface area contributed by atoms with Gasteiger partial charge < -0.3 is 35.0 Å². The molecule has 0 radical (unpaired) electrons. The Balaban J connectivity index is 0.859. The third kappa shape index (κ3) is 6.11. The predicted octanol–water partition coefficient (Wildman–Crippen LogP) is 3.14. The van der Waals surface area contributed by atoms with Gasteiger partial charge in [0, 0.05) is 57.4 Å². The summed E-state index contributed by atoms with van der Waals surface area (Å²) in [6, 6.07) is 10.0. The Bertz CT molecular complexity index is 1640. The van der Waals surface area contributed by atoms with Gasteiger partial charge in [0.1, 0.15) is 5.75 Å². The normalized spacial score (nSPS) is 28.3. The van der Waals surface area contributed by atoms with Gasteiger partial charge in [-0.1, -0.05) is 12.1 Å². The van der Waals surface area contributed by atoms with Crippen LogP contribution >= 0.6 is 0 Å². The number of nitrogens with zero attached hydrogens (tertiary/aromatic N) is 8. The molecule has 3 aromatic rings. The van der Waals surface area contributed by atoms with Crippen molar-refractivity contribution in [1.82, 2.24) is 25.1 Å². The molecule has 3 N–H and O–H groups in total. The molecule has 0 bridgehead atoms. The number of anilines is 4. The quantitative estimate of drug-likeness (QED) is 0.317. The minimum atomic E-state index is -0.0198. The monoisotopic (exact) mass is 669 g/mol. The molecule has 2 aromatic heterocycles. The fourth-order valence-corrected chi connectivity index (χ4v) is 8.99. The highest BCUT2D eigenvalue weighted by molar-refractivity contribution is 5.77. The molecule has 2 aliphatic carbocycles. The van der Waals surface area contributed by atoms with Crippen LogP contribution in [0.3, 0.4) is 0 Å². The van der Waals surface area contributed by atoms with Gasteiger partial charge >= 0.3 is 5.97 Å². The summed E-state index contributed by atoms with van der Waals surface area (Å²) >= 11 is 0. The molecule has 1 spiro atoms. The Hall–Kier alpha value is -4.23. The second-order valence-electron chi connectivity index (χ2n) is 14.5. The standard InChI is InChI=1S/C36H47N9O4/c1-2-49-34(48)24-7-9-36(10-8-24)16-25(17-36)44-13-11-42(22-28(44)23-46)26-18-38-35(39-19-26)43-12-14-45-27(21-43)20-37-33-31(45)15-30(40-41-33)29-5-3-4-6-32(29)47/h3-6,15,18-19,24-25,27-28,46-47H,2,7-14,16-17,20-23H2,1H3,(H,37,41)/t24-,25-,27-,28+,36?/m0/s1. The first kappa shape index (κ1) is 32.0. The molecule has 13 nitrogen and oxygen atoms in total. The number of phenols is 1. The summed E-state index contributed by atoms with van der Waals surface area (Å²) in [5.41, 5.74) is 3.67. The second-order valence-corrected chi connectivity index (χ2v) is 14.5. The van der Waals surface area contributed by atoms with Gasteiger partial charge in [0.05, 0.1) is 60.7 Å². The lowest BCUT2D eigenvalue weighted by Crippen LogP contribution is -2.63. The summed E-state index contributed by atoms with van der Waals surface area (Å²) in [4.78, 5) is 31.3. The number of carbonyl (C=O) groups excluding carboxylic acids is 1. The van der Waals surface area contributed by atoms with Crippen molar-refractivity contribution in [3.63, 3.8) is 0 Å². The number of benzene rings is 1. The van der Waals surface area contributed by atoms with Crippen LogP contribution in [0, 0.1) is 11.3 Å². The molecule has 13 heteroatoms. The minimum Gasteiger partial charge on any atom is -0.507 e. The van der Waals surface area contributed by atoms with E-state index < -0.39 is 0 Å². The highest BCUT2D eigenvalue weighted by Gasteiger charge is 2.50. The van der Waals surface area contributed by atoms with Crippen LogP contribution in [0.15, 0.2) is 42.7 Å². The van der Waals surface area contributed by atoms with E-state index in [1.807, 2.05) is 37.5 Å². The summed E-state index contributed by atoms with van der Waals surface area (Å²) in [6.07, 6.45) is 10.3. The highest BCUT2D eigenvalue weighted by Crippen LogP contribution is 2.55. The van der Waals surface area contributed by atoms with E-state index >= 15 is 0 Å². The molecule has 8 rings (SSSR count). The lowest BCUT2D eigenvalue weighted by Gasteiger charge is -2.57. The van der Waals surface area contributed by atoms with E-state index in [4.69, 9.17) is 14.7 Å². The van der Waals surface area contributed by atoms with Crippen LogP contribution < -0.4 is 20.0 Å². The van der Waals surface area contributed by atoms with Crippen molar-refractivity contribution in [2.45, 2.75) is 63.6 Å². The van der Waals surface area contributed by atoms with E-state index in [0.717, 1.165) is 107 Å². The Labute approximate surface area is 287 Å². The van der Waals surface area contributed by atoms with Crippen LogP contribution in [-0.2, 0) is 9.53 Å². The second kappa shape index (κ2) is 13.2. The van der Waals surface area contributed by atoms with Crippen LogP contribution in [-0.4, -0.2) is 118 Å². The fraction of sp³-hybridized carbons (Fsp3) is 0.583. The smallest absolute Gasteiger partial charge is 0.308 e. The van der Waals surface area contributed by atoms with E-state index in [1.165, 1.54) is 0 Å². The van der Waals surface area contributed by atoms with E-state index in [-0.39, 0.29) is 36.3 Å². The molecule has 2 saturated heterocycles. The summed E-state index contributed by atoms with van der Waals surface area (Å²) < 4.78 is 5.27. The number of aromatic hydroxyl groups is 1. The topological polar surface area (TPSA) is 143 Å². The largest absolute Gasteiger partial charge is 0.507 e. The van der Waals surface area contributed by atoms with Crippen molar-refractivity contribution in [2.24, 2.45) is 11.3 Å². The lowest BCUT2D eigenvalue weighted by molar-refractivity contribution is -0.151. The number of phenolic OH excluding ortho intramolecular Hbond substituents is 1. The maximum Gasteiger partial charge on any atom is 0.308 e. The molecule has 4 fully saturated rings. The number of fused-ring (bicyclic) bond motifs is 3. The number of nitrogens with one attached hydrogen (secondary N) is 1. The maximum atomic E-state index is 12.2. The number of hydrogen-bond acceptors (Lipinski definition) is 13. The van der Waals surface area contributed by atoms with Gasteiger partial charge in [0.15, 0.2) is 5.82 Å². The van der Waals surface area contributed by atoms with Crippen molar-refractivity contribution in [3.05, 3.63) is 42.7 Å². The number of aliphatic hydroxyl groups is 1. The fourth-order valence-electron chi connectivity index (χ4n) is 8.99. The van der Waals surface area contributed by atoms with Gasteiger partial charge in [-0.15, -0.1) is 10.2 Å². The Morgan fingerprint density at radius 3 is 2.53 bits per heavy atom. The maximum absolute atomic E-state index is 12.2. The van der Waals surface area contributed by atoms with Crippen LogP contribution in [0.25, 0.3) is 11.3 Å². The molecule has 3 aliphatic heterocycles. The lowest BCUT2D eigenvalue weighted by atomic mass is 9.56. The third-order valence-electron chi connectivity index (χ3n) is 11.7. The van der Waals surface area contributed by atoms with Gasteiger partial charge in [-0.25, -0.2) is 9.97 Å². The van der Waals surface area contributed by atoms with E-state index in [2.05, 4.69) is 35.1 Å². The van der Waals surface area contributed by atoms with Gasteiger partial charge in [0.25, 0.3) is 0 Å². The van der Waals surface area contributed by atoms with Gasteiger partial charge in [0.2, 0.25) is 5.95 Å². The zero-order valence-corrected chi connectivity index (χ0v) is 28.2. The molecule has 260 valence electrons. The van der Waals surface area contributed by atoms with Crippen LogP contribution in [0.2, 0.25) is 0 Å². The first-order valence-corrected chi connectivity index (χ1v) is 18.0. The zero-order chi connectivity index (χ0) is 33.5. The van der Waals surface area contributed by atoms with Crippen LogP contribution in [0.5, 0.6) is 5.75 Å². The SMILES string of the molecule is CCOC(=O)[C@H]1CCC2(CC1)C[C@H](N1CCN(c3cnc(N4CCN5c6cc(-c7ccccc7O)nnc6NC[C@H]5C4)nc3)C[C@@H]1CO)C2. The predicted molar refractivity (Wildman–Crippen MR) is 187 cm³/mol. The summed E-state index contributed by atoms with van der Waals surface area (Å²) in [5.74, 6) is 1.73. The summed E-state index contributed by atoms with van der Waals surface area (Å²) in [5, 5.41) is 33.0. The van der Waals surface area contributed by atoms with Gasteiger partial charge in [-0.2, -0.15) is 0 Å². The average Bonchev–Trinajstić information content (AvgIpc) is 3.13. The number of hydrogen-bond donors (Lipinski definition) is 3. The number of rotatable bonds is 7. The first-order valence-electron chi connectivity index (χ1n) is 18.0. The number of ether oxygens (including phenoxy) is 1. The average molecular weight is 670 g/mol. The summed E-state index contributed by atoms with van der Waals surface area (Å²) in [6.45, 7) is 8.11. The molecule has 5 heterocycles. The minimum absolute atomic E-state index is 0.0198. The molecule has 2 atom stereocenters. The van der Waals surface area contributed by atoms with Gasteiger partial charge in [-0.3, -0.25) is 9.69 Å². The van der Waals surface area contributed by atoms with Crippen molar-refractivity contribution >= 4 is 29.1 Å². The molecule has 0 amide bonds. The molecule has 2 saturated carbocycles. The molecule has 0 unspecified atom stereocenters. The molecule has 1 aromatic carbocycles. The third-order valence-corrected chi connectivity index (χ3v) is 11.7. The number of aliphatic hydroxyl groups excluding tert-OH is 1. The van der Waals surface area contributed by atoms with E-state index in [9.17, 15) is 15.0 Å². The van der Waals surface area contributed by atoms with E-state index in [1.54, 1.807) is 12.1 Å². The van der Waals surface area contributed by atoms with Crippen molar-refractivity contribution in [2.75, 3.05) is 79.0 Å². The summed E-state index contributed by atoms with van der Waals surface area (Å²) in [7, 11) is 0. The number of esters is 1. The van der Waals surface area contributed by atoms with Crippen molar-refractivity contribution in [3.8, 4) is 17.0 Å². The zero-order valence-electron chi connectivity index (χ0n) is 28.2. The number of para-hydroxylation sites is 1. The number of aromatic nitrogens is 4. The molecule has 49 heavy (non-hydrogen) atoms. The van der Waals surface area contributed by atoms with E-state index in [0.29, 0.717) is 29.3 Å². The Morgan fingerprint density at radius 1 is 1.00 bits per heavy atom.